The Labute approximate surface area is 169 Å². The summed E-state index contributed by atoms with van der Waals surface area (Å²) in [5.74, 6) is -0.169. The second-order valence-corrected chi connectivity index (χ2v) is 6.97. The van der Waals surface area contributed by atoms with E-state index in [0.717, 1.165) is 16.8 Å². The molecule has 0 saturated carbocycles. The lowest BCUT2D eigenvalue weighted by Gasteiger charge is -2.32. The molecule has 1 unspecified atom stereocenters. The summed E-state index contributed by atoms with van der Waals surface area (Å²) < 4.78 is 5.85. The van der Waals surface area contributed by atoms with E-state index in [4.69, 9.17) is 4.74 Å². The number of likely N-dealkylation sites (N-methyl/N-ethyl adjacent to an activating group) is 1. The van der Waals surface area contributed by atoms with E-state index in [1.807, 2.05) is 84.9 Å². The number of hydrogen-bond donors (Lipinski definition) is 1. The van der Waals surface area contributed by atoms with Gasteiger partial charge >= 0.3 is 0 Å². The van der Waals surface area contributed by atoms with Gasteiger partial charge in [0.1, 0.15) is 5.75 Å². The second kappa shape index (κ2) is 8.19. The highest BCUT2D eigenvalue weighted by atomic mass is 16.5. The fourth-order valence-corrected chi connectivity index (χ4v) is 3.58. The Balaban J connectivity index is 1.52. The Morgan fingerprint density at radius 1 is 0.931 bits per heavy atom. The van der Waals surface area contributed by atoms with Crippen molar-refractivity contribution in [1.82, 2.24) is 5.32 Å². The Morgan fingerprint density at radius 3 is 2.10 bits per heavy atom. The molecule has 3 aromatic rings. The van der Waals surface area contributed by atoms with Gasteiger partial charge in [0, 0.05) is 7.05 Å². The second-order valence-electron chi connectivity index (χ2n) is 6.97. The maximum absolute atomic E-state index is 13.1. The highest BCUT2D eigenvalue weighted by molar-refractivity contribution is 6.00. The van der Waals surface area contributed by atoms with Crippen LogP contribution in [-0.2, 0) is 9.59 Å². The molecule has 3 aromatic carbocycles. The minimum atomic E-state index is -0.758. The van der Waals surface area contributed by atoms with Gasteiger partial charge in [-0.2, -0.15) is 0 Å². The van der Waals surface area contributed by atoms with Crippen LogP contribution in [0.3, 0.4) is 0 Å². The number of nitrogens with zero attached hydrogens (tertiary/aromatic N) is 1. The zero-order chi connectivity index (χ0) is 20.2. The minimum Gasteiger partial charge on any atom is -0.477 e. The van der Waals surface area contributed by atoms with Crippen LogP contribution in [0.5, 0.6) is 5.75 Å². The van der Waals surface area contributed by atoms with Crippen molar-refractivity contribution < 1.29 is 14.3 Å². The van der Waals surface area contributed by atoms with Gasteiger partial charge in [-0.3, -0.25) is 9.59 Å². The van der Waals surface area contributed by atoms with Gasteiger partial charge in [-0.15, -0.1) is 0 Å². The summed E-state index contributed by atoms with van der Waals surface area (Å²) >= 11 is 0. The molecular formula is C24H22N2O3. The van der Waals surface area contributed by atoms with Gasteiger partial charge in [-0.05, 0) is 23.3 Å². The molecule has 0 saturated heterocycles. The molecule has 4 rings (SSSR count). The zero-order valence-electron chi connectivity index (χ0n) is 16.1. The third-order valence-electron chi connectivity index (χ3n) is 5.09. The average Bonchev–Trinajstić information content (AvgIpc) is 2.77. The van der Waals surface area contributed by atoms with E-state index in [0.29, 0.717) is 5.75 Å². The lowest BCUT2D eigenvalue weighted by Crippen LogP contribution is -2.50. The third kappa shape index (κ3) is 3.85. The van der Waals surface area contributed by atoms with Gasteiger partial charge in [-0.25, -0.2) is 0 Å². The van der Waals surface area contributed by atoms with Crippen LogP contribution in [-0.4, -0.2) is 31.5 Å². The third-order valence-corrected chi connectivity index (χ3v) is 5.09. The van der Waals surface area contributed by atoms with Crippen LogP contribution >= 0.6 is 0 Å². The van der Waals surface area contributed by atoms with E-state index in [-0.39, 0.29) is 18.4 Å². The number of ether oxygens (including phenoxy) is 1. The molecule has 1 N–H and O–H groups in total. The number of fused-ring (bicyclic) bond motifs is 1. The molecule has 1 aliphatic heterocycles. The van der Waals surface area contributed by atoms with Crippen molar-refractivity contribution in [2.75, 3.05) is 18.5 Å². The monoisotopic (exact) mass is 386 g/mol. The van der Waals surface area contributed by atoms with E-state index in [1.54, 1.807) is 11.9 Å². The smallest absolute Gasteiger partial charge is 0.269 e. The van der Waals surface area contributed by atoms with Crippen LogP contribution in [0.25, 0.3) is 0 Å². The predicted molar refractivity (Wildman–Crippen MR) is 112 cm³/mol. The van der Waals surface area contributed by atoms with Gasteiger partial charge in [0.15, 0.2) is 6.10 Å². The molecule has 1 atom stereocenters. The van der Waals surface area contributed by atoms with Crippen molar-refractivity contribution in [3.8, 4) is 5.75 Å². The van der Waals surface area contributed by atoms with Gasteiger partial charge in [0.25, 0.3) is 5.91 Å². The lowest BCUT2D eigenvalue weighted by molar-refractivity contribution is -0.127. The number of rotatable bonds is 5. The zero-order valence-corrected chi connectivity index (χ0v) is 16.1. The fraction of sp³-hybridized carbons (Fsp3) is 0.167. The number of benzene rings is 3. The number of hydrogen-bond acceptors (Lipinski definition) is 3. The normalized spacial score (nSPS) is 15.6. The molecule has 0 bridgehead atoms. The molecule has 146 valence electrons. The van der Waals surface area contributed by atoms with Crippen molar-refractivity contribution in [2.24, 2.45) is 0 Å². The van der Waals surface area contributed by atoms with Gasteiger partial charge in [-0.1, -0.05) is 72.8 Å². The molecular weight excluding hydrogens is 364 g/mol. The van der Waals surface area contributed by atoms with Crippen LogP contribution in [0.15, 0.2) is 84.9 Å². The Hall–Kier alpha value is -3.60. The average molecular weight is 386 g/mol. The Kier molecular flexibility index (Phi) is 5.29. The van der Waals surface area contributed by atoms with E-state index in [2.05, 4.69) is 5.32 Å². The topological polar surface area (TPSA) is 58.6 Å². The quantitative estimate of drug-likeness (QED) is 0.732. The fourth-order valence-electron chi connectivity index (χ4n) is 3.58. The first-order valence-corrected chi connectivity index (χ1v) is 9.56. The van der Waals surface area contributed by atoms with Crippen molar-refractivity contribution in [1.29, 1.82) is 0 Å². The van der Waals surface area contributed by atoms with E-state index in [1.165, 1.54) is 0 Å². The van der Waals surface area contributed by atoms with Crippen molar-refractivity contribution in [3.63, 3.8) is 0 Å². The SMILES string of the molecule is CN1C(=O)C(CNC(=O)C(c2ccccc2)c2ccccc2)Oc2ccccc21. The van der Waals surface area contributed by atoms with Crippen LogP contribution in [0.4, 0.5) is 5.69 Å². The summed E-state index contributed by atoms with van der Waals surface area (Å²) in [7, 11) is 1.72. The highest BCUT2D eigenvalue weighted by Gasteiger charge is 2.33. The molecule has 0 aromatic heterocycles. The molecule has 0 fully saturated rings. The molecule has 29 heavy (non-hydrogen) atoms. The summed E-state index contributed by atoms with van der Waals surface area (Å²) in [6, 6.07) is 26.6. The van der Waals surface area contributed by atoms with Crippen molar-refractivity contribution in [3.05, 3.63) is 96.1 Å². The van der Waals surface area contributed by atoms with Crippen molar-refractivity contribution in [2.45, 2.75) is 12.0 Å². The standard InChI is InChI=1S/C24H22N2O3/c1-26-19-14-8-9-15-20(19)29-21(24(26)28)16-25-23(27)22(17-10-4-2-5-11-17)18-12-6-3-7-13-18/h2-15,21-22H,16H2,1H3,(H,25,27). The molecule has 5 nitrogen and oxygen atoms in total. The van der Waals surface area contributed by atoms with Crippen LogP contribution < -0.4 is 15.0 Å². The van der Waals surface area contributed by atoms with Gasteiger partial charge < -0.3 is 15.0 Å². The maximum Gasteiger partial charge on any atom is 0.269 e. The minimum absolute atomic E-state index is 0.104. The van der Waals surface area contributed by atoms with E-state index < -0.39 is 12.0 Å². The molecule has 1 aliphatic rings. The van der Waals surface area contributed by atoms with Crippen LogP contribution in [0.1, 0.15) is 17.0 Å². The lowest BCUT2D eigenvalue weighted by atomic mass is 9.90. The van der Waals surface area contributed by atoms with Gasteiger partial charge in [0.05, 0.1) is 18.2 Å². The predicted octanol–water partition coefficient (Wildman–Crippen LogP) is 3.36. The maximum atomic E-state index is 13.1. The summed E-state index contributed by atoms with van der Waals surface area (Å²) in [4.78, 5) is 27.4. The van der Waals surface area contributed by atoms with E-state index in [9.17, 15) is 9.59 Å². The number of nitrogens with one attached hydrogen (secondary N) is 1. The molecule has 0 spiro atoms. The number of carbonyl (C=O) groups excluding carboxylic acids is 2. The highest BCUT2D eigenvalue weighted by Crippen LogP contribution is 2.32. The molecule has 5 heteroatoms. The summed E-state index contributed by atoms with van der Waals surface area (Å²) in [5, 5.41) is 2.92. The van der Waals surface area contributed by atoms with Crippen LogP contribution in [0.2, 0.25) is 0 Å². The first-order chi connectivity index (χ1) is 14.1. The number of carbonyl (C=O) groups is 2. The largest absolute Gasteiger partial charge is 0.477 e. The number of anilines is 1. The summed E-state index contributed by atoms with van der Waals surface area (Å²) in [5.41, 5.74) is 2.52. The van der Waals surface area contributed by atoms with Crippen LogP contribution in [0, 0.1) is 0 Å². The Bertz CT molecular complexity index is 965. The number of amides is 2. The molecule has 0 aliphatic carbocycles. The molecule has 2 amide bonds. The number of para-hydroxylation sites is 2. The van der Waals surface area contributed by atoms with Gasteiger partial charge in [0.2, 0.25) is 5.91 Å². The van der Waals surface area contributed by atoms with E-state index >= 15 is 0 Å². The summed E-state index contributed by atoms with van der Waals surface area (Å²) in [6.07, 6.45) is -0.758. The van der Waals surface area contributed by atoms with Crippen molar-refractivity contribution >= 4 is 17.5 Å². The molecule has 1 heterocycles. The first kappa shape index (κ1) is 18.7. The summed E-state index contributed by atoms with van der Waals surface area (Å²) in [6.45, 7) is 0.104. The Morgan fingerprint density at radius 2 is 1.48 bits per heavy atom. The molecule has 0 radical (unpaired) electrons. The first-order valence-electron chi connectivity index (χ1n) is 9.56.